The van der Waals surface area contributed by atoms with Crippen LogP contribution in [0.2, 0.25) is 0 Å². The van der Waals surface area contributed by atoms with E-state index >= 15 is 0 Å². The zero-order valence-corrected chi connectivity index (χ0v) is 76.6. The summed E-state index contributed by atoms with van der Waals surface area (Å²) in [5, 5.41) is 0. The van der Waals surface area contributed by atoms with Crippen LogP contribution in [-0.2, 0) is 96.3 Å². The highest BCUT2D eigenvalue weighted by Gasteiger charge is 2.44. The van der Waals surface area contributed by atoms with Crippen molar-refractivity contribution < 1.29 is 0 Å². The van der Waals surface area contributed by atoms with E-state index in [1.807, 2.05) is 117 Å². The first-order chi connectivity index (χ1) is 69.4. The molecule has 20 heterocycles. The Morgan fingerprint density at radius 3 is 0.793 bits per heavy atom. The Morgan fingerprint density at radius 1 is 0.150 bits per heavy atom. The maximum atomic E-state index is 4.78. The van der Waals surface area contributed by atoms with E-state index in [2.05, 4.69) is 263 Å². The molecular weight excluding hydrogens is 1710 g/mol. The minimum absolute atomic E-state index is 0.882. The molecule has 0 fully saturated rings. The first-order valence-corrected chi connectivity index (χ1v) is 49.1. The van der Waals surface area contributed by atoms with Crippen molar-refractivity contribution >= 4 is 85.4 Å². The van der Waals surface area contributed by atoms with E-state index in [9.17, 15) is 0 Å². The van der Waals surface area contributed by atoms with Crippen LogP contribution < -0.4 is 24.5 Å². The molecule has 15 heteroatoms. The predicted molar refractivity (Wildman–Crippen MR) is 553 cm³/mol. The summed E-state index contributed by atoms with van der Waals surface area (Å²) in [7, 11) is 0. The molecule has 0 saturated heterocycles. The number of pyridine rings is 10. The van der Waals surface area contributed by atoms with Gasteiger partial charge in [-0.15, -0.1) is 0 Å². The molecule has 0 unspecified atom stereocenters. The quantitative estimate of drug-likeness (QED) is 0.142. The molecule has 0 atom stereocenters. The predicted octanol–water partition coefficient (Wildman–Crippen LogP) is 26.6. The molecule has 35 rings (SSSR count). The smallest absolute Gasteiger partial charge is 0.141 e. The Balaban J connectivity index is 0.0000000806. The van der Waals surface area contributed by atoms with Gasteiger partial charge in [0.1, 0.15) is 5.82 Å². The van der Waals surface area contributed by atoms with Crippen LogP contribution in [0, 0.1) is 0 Å². The molecule has 0 saturated carbocycles. The standard InChI is InChI=1S/5C25H17N3/c1-2-7-18-15(5-1)11-20-19(18)13-17-14-22-23(8-4-9-26-22)28-24(17)21(20)12-16-6-3-10-27-25(16)28;1-2-6-17-15(5-1)11-19-18(17)12-16-13-21-23(7-3-9-26-21)28-24-8-4-10-27-22(24)14-20(19)25(16)28;1-2-5-18-15(4-1)10-20-19(18)11-16-13-22-24(6-3-8-27-22)28-23-7-9-26-14-17(23)12-21(20)25(16)28;1-2-5-18-15(4-1)10-20-19(18)12-17-13-22-23(6-3-8-27-22)28-24-14-26-9-7-16(24)11-21(20)25(17)28;1-2-4-19-15(3-1)10-21-20(19)11-16-9-17-13-26-7-5-23(17)28-24-6-8-27-14-18(24)12-22(21)25(16)28/h1-10,13H,11-12,14H2;1-10,12H,11,13-14H2;1-9,11,14H,10,12-13H2;1-9,12,14H,10-11,13H2;1-8,11,13-14H,9-10,12H2. The number of anilines is 15. The van der Waals surface area contributed by atoms with E-state index in [4.69, 9.17) is 29.9 Å². The lowest BCUT2D eigenvalue weighted by Gasteiger charge is -2.40. The highest BCUT2D eigenvalue weighted by molar-refractivity contribution is 6.00. The van der Waals surface area contributed by atoms with Gasteiger partial charge in [-0.3, -0.25) is 49.8 Å². The van der Waals surface area contributed by atoms with Crippen LogP contribution in [0.4, 0.5) is 85.4 Å². The molecule has 0 spiro atoms. The van der Waals surface area contributed by atoms with E-state index < -0.39 is 0 Å². The van der Waals surface area contributed by atoms with Crippen molar-refractivity contribution in [2.24, 2.45) is 0 Å². The molecule has 0 N–H and O–H groups in total. The summed E-state index contributed by atoms with van der Waals surface area (Å²) in [5.41, 5.74) is 73.0. The number of aromatic nitrogens is 10. The molecule has 15 aliphatic rings. The van der Waals surface area contributed by atoms with Gasteiger partial charge in [-0.2, -0.15) is 0 Å². The van der Waals surface area contributed by atoms with Gasteiger partial charge in [0.05, 0.1) is 114 Å². The molecule has 0 bridgehead atoms. The van der Waals surface area contributed by atoms with Crippen LogP contribution in [-0.4, -0.2) is 49.8 Å². The van der Waals surface area contributed by atoms with Gasteiger partial charge >= 0.3 is 0 Å². The van der Waals surface area contributed by atoms with Crippen LogP contribution in [0.25, 0.3) is 55.6 Å². The van der Waals surface area contributed by atoms with E-state index in [1.54, 1.807) is 0 Å². The minimum atomic E-state index is 0.882. The molecule has 10 aliphatic heterocycles. The number of nitrogens with zero attached hydrogens (tertiary/aromatic N) is 15. The third-order valence-electron chi connectivity index (χ3n) is 32.2. The van der Waals surface area contributed by atoms with Crippen molar-refractivity contribution in [3.8, 4) is 55.6 Å². The third-order valence-corrected chi connectivity index (χ3v) is 32.2. The van der Waals surface area contributed by atoms with Crippen molar-refractivity contribution in [2.75, 3.05) is 24.5 Å². The summed E-state index contributed by atoms with van der Waals surface area (Å²) < 4.78 is 0. The molecule has 140 heavy (non-hydrogen) atoms. The fourth-order valence-electron chi connectivity index (χ4n) is 26.4. The van der Waals surface area contributed by atoms with Crippen molar-refractivity contribution in [2.45, 2.75) is 96.3 Å². The van der Waals surface area contributed by atoms with Gasteiger partial charge in [0, 0.05) is 145 Å². The highest BCUT2D eigenvalue weighted by Crippen LogP contribution is 2.62. The first-order valence-electron chi connectivity index (χ1n) is 49.1. The second-order valence-corrected chi connectivity index (χ2v) is 39.4. The number of fused-ring (bicyclic) bond motifs is 40. The molecule has 660 valence electrons. The number of benzene rings is 10. The van der Waals surface area contributed by atoms with Crippen molar-refractivity contribution in [3.63, 3.8) is 0 Å². The number of rotatable bonds is 0. The maximum absolute atomic E-state index is 4.78. The summed E-state index contributed by atoms with van der Waals surface area (Å²) in [6.45, 7) is 0. The van der Waals surface area contributed by atoms with Gasteiger partial charge in [-0.1, -0.05) is 127 Å². The molecular formula is C125H85N15. The van der Waals surface area contributed by atoms with Crippen LogP contribution in [0.5, 0.6) is 0 Å². The normalized spacial score (nSPS) is 14.6. The summed E-state index contributed by atoms with van der Waals surface area (Å²) in [6, 6.07) is 90.4. The summed E-state index contributed by atoms with van der Waals surface area (Å²) in [4.78, 5) is 58.2. The van der Waals surface area contributed by atoms with Crippen LogP contribution in [0.15, 0.2) is 335 Å². The Labute approximate surface area is 809 Å². The van der Waals surface area contributed by atoms with Gasteiger partial charge in [0.2, 0.25) is 0 Å². The molecule has 5 aliphatic carbocycles. The van der Waals surface area contributed by atoms with Gasteiger partial charge in [-0.05, 0) is 348 Å². The van der Waals surface area contributed by atoms with Crippen LogP contribution >= 0.6 is 0 Å². The maximum Gasteiger partial charge on any atom is 0.141 e. The molecule has 0 radical (unpaired) electrons. The molecule has 10 aromatic heterocycles. The number of hydrogen-bond acceptors (Lipinski definition) is 15. The molecule has 20 aromatic rings. The fourth-order valence-corrected chi connectivity index (χ4v) is 26.4. The fraction of sp³-hybridized carbons (Fsp3) is 0.120. The summed E-state index contributed by atoms with van der Waals surface area (Å²) >= 11 is 0. The topological polar surface area (TPSA) is 145 Å². The molecule has 15 nitrogen and oxygen atoms in total. The zero-order chi connectivity index (χ0) is 91.2. The highest BCUT2D eigenvalue weighted by atomic mass is 15.2. The zero-order valence-electron chi connectivity index (χ0n) is 76.6. The largest absolute Gasteiger partial charge is 0.309 e. The summed E-state index contributed by atoms with van der Waals surface area (Å²) in [5.74, 6) is 1.06. The minimum Gasteiger partial charge on any atom is -0.309 e. The Kier molecular flexibility index (Phi) is 16.8. The Hall–Kier alpha value is -17.3. The van der Waals surface area contributed by atoms with Crippen molar-refractivity contribution in [1.82, 2.24) is 49.8 Å². The van der Waals surface area contributed by atoms with Gasteiger partial charge in [0.25, 0.3) is 0 Å². The van der Waals surface area contributed by atoms with E-state index in [-0.39, 0.29) is 0 Å². The average Bonchev–Trinajstić information content (AvgIpc) is 1.41. The van der Waals surface area contributed by atoms with Gasteiger partial charge in [-0.25, -0.2) is 4.98 Å². The van der Waals surface area contributed by atoms with Gasteiger partial charge < -0.3 is 19.6 Å². The average molecular weight is 1800 g/mol. The van der Waals surface area contributed by atoms with Crippen molar-refractivity contribution in [1.29, 1.82) is 0 Å². The SMILES string of the molecule is c1ccc2c(c1)Cc1c-2cc2c3c1Cc1cccnc1N3c1cccnc1C2.c1ccc2c(c1)Cc1c-2cc2c3c1Cc1ccncc1N3c1cccnc1C2.c1ccc2c(c1)Cc1c-2cc2c3c1Cc1cnccc1N3c1cccnc1C2.c1ccc2c(c1)Cc1c-2cc2c3c1Cc1cnccc1N3c1ccncc1C2.c1ccc2c(c1)Cc1c-2cc2c3c1Cc1ncccc1N3c1cccnc1C2. The summed E-state index contributed by atoms with van der Waals surface area (Å²) in [6.07, 6.45) is 41.5. The molecule has 10 aromatic carbocycles. The monoisotopic (exact) mass is 1800 g/mol. The Morgan fingerprint density at radius 2 is 0.407 bits per heavy atom. The van der Waals surface area contributed by atoms with E-state index in [0.29, 0.717) is 0 Å². The lowest BCUT2D eigenvalue weighted by atomic mass is 9.83. The second-order valence-electron chi connectivity index (χ2n) is 39.4. The Bertz CT molecular complexity index is 7660. The van der Waals surface area contributed by atoms with E-state index in [1.165, 1.54) is 274 Å². The lowest BCUT2D eigenvalue weighted by Crippen LogP contribution is -2.27. The number of hydrogen-bond donors (Lipinski definition) is 0. The second kappa shape index (κ2) is 30.1. The van der Waals surface area contributed by atoms with Crippen molar-refractivity contribution in [3.05, 3.63) is 503 Å². The first kappa shape index (κ1) is 77.9. The van der Waals surface area contributed by atoms with E-state index in [0.717, 1.165) is 131 Å². The van der Waals surface area contributed by atoms with Crippen LogP contribution in [0.3, 0.4) is 0 Å². The molecule has 0 amide bonds. The van der Waals surface area contributed by atoms with Crippen LogP contribution in [0.1, 0.15) is 168 Å². The lowest BCUT2D eigenvalue weighted by molar-refractivity contribution is 0.936. The van der Waals surface area contributed by atoms with Gasteiger partial charge in [0.15, 0.2) is 0 Å². The third kappa shape index (κ3) is 11.5.